The highest BCUT2D eigenvalue weighted by Crippen LogP contribution is 2.28. The van der Waals surface area contributed by atoms with Crippen molar-refractivity contribution in [1.29, 1.82) is 0 Å². The fraction of sp³-hybridized carbons (Fsp3) is 0.125. The van der Waals surface area contributed by atoms with E-state index in [4.69, 9.17) is 11.5 Å². The molecule has 0 saturated heterocycles. The molecule has 0 bridgehead atoms. The number of aromatic amines is 1. The fourth-order valence-corrected chi connectivity index (χ4v) is 2.39. The number of nitrogens with one attached hydrogen (secondary N) is 2. The molecular weight excluding hydrogens is 292 g/mol. The Morgan fingerprint density at radius 3 is 2.65 bits per heavy atom. The van der Waals surface area contributed by atoms with Gasteiger partial charge in [-0.3, -0.25) is 9.89 Å². The average molecular weight is 310 g/mol. The summed E-state index contributed by atoms with van der Waals surface area (Å²) in [4.78, 5) is 14.4. The second kappa shape index (κ2) is 5.53. The van der Waals surface area contributed by atoms with Crippen molar-refractivity contribution in [3.8, 4) is 0 Å². The highest BCUT2D eigenvalue weighted by Gasteiger charge is 2.16. The van der Waals surface area contributed by atoms with E-state index in [-0.39, 0.29) is 5.91 Å². The molecule has 0 atom stereocenters. The molecule has 0 unspecified atom stereocenters. The number of aromatic nitrogens is 2. The van der Waals surface area contributed by atoms with Crippen LogP contribution in [0.1, 0.15) is 10.4 Å². The molecule has 0 fully saturated rings. The van der Waals surface area contributed by atoms with Crippen LogP contribution in [0.25, 0.3) is 10.9 Å². The summed E-state index contributed by atoms with van der Waals surface area (Å²) in [6.07, 6.45) is 1.73. The van der Waals surface area contributed by atoms with E-state index in [2.05, 4.69) is 15.5 Å². The molecule has 0 aliphatic carbocycles. The van der Waals surface area contributed by atoms with Crippen LogP contribution in [0.2, 0.25) is 0 Å². The summed E-state index contributed by atoms with van der Waals surface area (Å²) in [7, 11) is 3.69. The molecule has 7 nitrogen and oxygen atoms in total. The number of amides is 1. The average Bonchev–Trinajstić information content (AvgIpc) is 2.96. The van der Waals surface area contributed by atoms with Gasteiger partial charge in [0.15, 0.2) is 0 Å². The Kier molecular flexibility index (Phi) is 3.53. The number of hydrogen-bond acceptors (Lipinski definition) is 5. The van der Waals surface area contributed by atoms with Gasteiger partial charge in [0.05, 0.1) is 34.3 Å². The van der Waals surface area contributed by atoms with Gasteiger partial charge in [-0.2, -0.15) is 5.10 Å². The van der Waals surface area contributed by atoms with Crippen molar-refractivity contribution in [2.75, 3.05) is 35.8 Å². The minimum atomic E-state index is -0.251. The molecule has 0 aliphatic heterocycles. The molecule has 1 amide bonds. The normalized spacial score (nSPS) is 10.7. The van der Waals surface area contributed by atoms with Crippen LogP contribution in [0, 0.1) is 0 Å². The van der Waals surface area contributed by atoms with Gasteiger partial charge in [0.2, 0.25) is 0 Å². The van der Waals surface area contributed by atoms with Gasteiger partial charge in [-0.1, -0.05) is 0 Å². The van der Waals surface area contributed by atoms with Gasteiger partial charge in [-0.25, -0.2) is 0 Å². The largest absolute Gasteiger partial charge is 0.397 e. The monoisotopic (exact) mass is 310 g/mol. The van der Waals surface area contributed by atoms with Crippen molar-refractivity contribution < 1.29 is 4.79 Å². The number of nitrogen functional groups attached to an aromatic ring is 2. The maximum absolute atomic E-state index is 12.6. The predicted molar refractivity (Wildman–Crippen MR) is 93.6 cm³/mol. The van der Waals surface area contributed by atoms with Crippen LogP contribution in [0.15, 0.2) is 36.5 Å². The molecule has 1 heterocycles. The van der Waals surface area contributed by atoms with E-state index in [0.717, 1.165) is 10.9 Å². The number of nitrogens with zero attached hydrogens (tertiary/aromatic N) is 2. The summed E-state index contributed by atoms with van der Waals surface area (Å²) in [6.45, 7) is 0. The van der Waals surface area contributed by atoms with E-state index in [1.54, 1.807) is 18.3 Å². The standard InChI is InChI=1S/C16H18N6O/c1-22(2)15-7-13(18)12(17)6-11(15)16(23)20-10-4-3-9-8-19-21-14(9)5-10/h3-8H,17-18H2,1-2H3,(H,19,21)(H,20,23). The van der Waals surface area contributed by atoms with E-state index in [9.17, 15) is 4.79 Å². The molecule has 6 N–H and O–H groups in total. The third-order valence-electron chi connectivity index (χ3n) is 3.63. The molecule has 0 spiro atoms. The lowest BCUT2D eigenvalue weighted by Crippen LogP contribution is -2.19. The zero-order valence-electron chi connectivity index (χ0n) is 12.9. The van der Waals surface area contributed by atoms with Crippen molar-refractivity contribution in [1.82, 2.24) is 10.2 Å². The van der Waals surface area contributed by atoms with E-state index in [1.165, 1.54) is 0 Å². The number of hydrogen-bond donors (Lipinski definition) is 4. The molecule has 0 aliphatic rings. The van der Waals surface area contributed by atoms with Crippen LogP contribution >= 0.6 is 0 Å². The van der Waals surface area contributed by atoms with Crippen molar-refractivity contribution in [2.24, 2.45) is 0 Å². The number of nitrogens with two attached hydrogens (primary N) is 2. The molecule has 0 saturated carbocycles. The summed E-state index contributed by atoms with van der Waals surface area (Å²) in [6, 6.07) is 8.83. The number of fused-ring (bicyclic) bond motifs is 1. The lowest BCUT2D eigenvalue weighted by Gasteiger charge is -2.19. The molecule has 0 radical (unpaired) electrons. The SMILES string of the molecule is CN(C)c1cc(N)c(N)cc1C(=O)Nc1ccc2cn[nH]c2c1. The van der Waals surface area contributed by atoms with Crippen LogP contribution < -0.4 is 21.7 Å². The first-order chi connectivity index (χ1) is 11.0. The number of benzene rings is 2. The van der Waals surface area contributed by atoms with Crippen LogP contribution in [0.5, 0.6) is 0 Å². The number of anilines is 4. The Morgan fingerprint density at radius 2 is 1.91 bits per heavy atom. The van der Waals surface area contributed by atoms with Crippen LogP contribution in [-0.4, -0.2) is 30.2 Å². The first kappa shape index (κ1) is 14.7. The Balaban J connectivity index is 1.95. The van der Waals surface area contributed by atoms with Crippen molar-refractivity contribution in [2.45, 2.75) is 0 Å². The Bertz CT molecular complexity index is 883. The topological polar surface area (TPSA) is 113 Å². The van der Waals surface area contributed by atoms with Gasteiger partial charge in [-0.15, -0.1) is 0 Å². The Morgan fingerprint density at radius 1 is 1.17 bits per heavy atom. The zero-order valence-corrected chi connectivity index (χ0v) is 12.9. The Hall–Kier alpha value is -3.22. The summed E-state index contributed by atoms with van der Waals surface area (Å²) >= 11 is 0. The van der Waals surface area contributed by atoms with Gasteiger partial charge in [-0.05, 0) is 30.3 Å². The van der Waals surface area contributed by atoms with Gasteiger partial charge in [0.25, 0.3) is 5.91 Å². The highest BCUT2D eigenvalue weighted by molar-refractivity contribution is 6.10. The van der Waals surface area contributed by atoms with Crippen molar-refractivity contribution in [3.05, 3.63) is 42.1 Å². The lowest BCUT2D eigenvalue weighted by molar-refractivity contribution is 0.102. The zero-order chi connectivity index (χ0) is 16.6. The summed E-state index contributed by atoms with van der Waals surface area (Å²) in [5.41, 5.74) is 15.2. The summed E-state index contributed by atoms with van der Waals surface area (Å²) < 4.78 is 0. The number of carbonyl (C=O) groups is 1. The fourth-order valence-electron chi connectivity index (χ4n) is 2.39. The van der Waals surface area contributed by atoms with Crippen molar-refractivity contribution in [3.63, 3.8) is 0 Å². The number of H-pyrrole nitrogens is 1. The molecule has 3 rings (SSSR count). The quantitative estimate of drug-likeness (QED) is 0.553. The molecule has 1 aromatic heterocycles. The number of carbonyl (C=O) groups excluding carboxylic acids is 1. The maximum Gasteiger partial charge on any atom is 0.257 e. The highest BCUT2D eigenvalue weighted by atomic mass is 16.1. The van der Waals surface area contributed by atoms with Crippen LogP contribution in [-0.2, 0) is 0 Å². The minimum absolute atomic E-state index is 0.251. The molecule has 118 valence electrons. The van der Waals surface area contributed by atoms with E-state index < -0.39 is 0 Å². The van der Waals surface area contributed by atoms with Gasteiger partial charge < -0.3 is 21.7 Å². The molecule has 2 aromatic carbocycles. The summed E-state index contributed by atoms with van der Waals surface area (Å²) in [5.74, 6) is -0.251. The Labute approximate surface area is 133 Å². The number of rotatable bonds is 3. The van der Waals surface area contributed by atoms with Gasteiger partial charge in [0.1, 0.15) is 0 Å². The second-order valence-corrected chi connectivity index (χ2v) is 5.52. The lowest BCUT2D eigenvalue weighted by atomic mass is 10.1. The minimum Gasteiger partial charge on any atom is -0.397 e. The van der Waals surface area contributed by atoms with E-state index in [1.807, 2.05) is 37.2 Å². The van der Waals surface area contributed by atoms with Crippen LogP contribution in [0.3, 0.4) is 0 Å². The predicted octanol–water partition coefficient (Wildman–Crippen LogP) is 2.05. The van der Waals surface area contributed by atoms with Gasteiger partial charge >= 0.3 is 0 Å². The maximum atomic E-state index is 12.6. The third-order valence-corrected chi connectivity index (χ3v) is 3.63. The summed E-state index contributed by atoms with van der Waals surface area (Å²) in [5, 5.41) is 10.7. The molecule has 3 aromatic rings. The van der Waals surface area contributed by atoms with Crippen molar-refractivity contribution >= 4 is 39.6 Å². The van der Waals surface area contributed by atoms with E-state index >= 15 is 0 Å². The van der Waals surface area contributed by atoms with Gasteiger partial charge in [0, 0.05) is 25.2 Å². The van der Waals surface area contributed by atoms with Crippen LogP contribution in [0.4, 0.5) is 22.7 Å². The third kappa shape index (κ3) is 2.76. The second-order valence-electron chi connectivity index (χ2n) is 5.52. The first-order valence-electron chi connectivity index (χ1n) is 7.06. The first-order valence-corrected chi connectivity index (χ1v) is 7.06. The molecule has 23 heavy (non-hydrogen) atoms. The smallest absolute Gasteiger partial charge is 0.257 e. The molecule has 7 heteroatoms. The van der Waals surface area contributed by atoms with E-state index in [0.29, 0.717) is 28.3 Å². The molecular formula is C16H18N6O.